The Morgan fingerprint density at radius 2 is 1.95 bits per heavy atom. The Morgan fingerprint density at radius 3 is 2.68 bits per heavy atom. The molecule has 22 heavy (non-hydrogen) atoms. The van der Waals surface area contributed by atoms with E-state index in [-0.39, 0.29) is 17.1 Å². The van der Waals surface area contributed by atoms with Gasteiger partial charge in [-0.3, -0.25) is 4.79 Å². The number of phenolic OH excluding ortho intramolecular Hbond substituents is 2. The van der Waals surface area contributed by atoms with Crippen molar-refractivity contribution in [1.29, 1.82) is 0 Å². The molecule has 5 nitrogen and oxygen atoms in total. The van der Waals surface area contributed by atoms with Crippen LogP contribution in [0.2, 0.25) is 5.02 Å². The van der Waals surface area contributed by atoms with Gasteiger partial charge in [0, 0.05) is 15.1 Å². The van der Waals surface area contributed by atoms with Gasteiger partial charge >= 0.3 is 0 Å². The third-order valence-electron chi connectivity index (χ3n) is 2.63. The lowest BCUT2D eigenvalue weighted by atomic mass is 10.2. The number of hydrazone groups is 1. The Hall–Kier alpha value is -1.57. The molecular weight excluding hydrogens is 439 g/mol. The summed E-state index contributed by atoms with van der Waals surface area (Å²) in [6.45, 7) is 0. The summed E-state index contributed by atoms with van der Waals surface area (Å²) in [7, 11) is 0. The van der Waals surface area contributed by atoms with Crippen LogP contribution in [0.3, 0.4) is 0 Å². The SMILES string of the molecule is O=C(NN=Cc1cc(Cl)ccc1O)c1cc(Br)cc(Br)c1O. The van der Waals surface area contributed by atoms with Gasteiger partial charge in [0.2, 0.25) is 0 Å². The van der Waals surface area contributed by atoms with Crippen molar-refractivity contribution in [3.8, 4) is 11.5 Å². The van der Waals surface area contributed by atoms with Crippen LogP contribution in [0.5, 0.6) is 11.5 Å². The Kier molecular flexibility index (Phi) is 5.44. The molecule has 0 heterocycles. The van der Waals surface area contributed by atoms with Crippen molar-refractivity contribution in [3.63, 3.8) is 0 Å². The highest BCUT2D eigenvalue weighted by Gasteiger charge is 2.14. The molecule has 3 N–H and O–H groups in total. The molecule has 0 fully saturated rings. The topological polar surface area (TPSA) is 81.9 Å². The Balaban J connectivity index is 2.16. The average Bonchev–Trinajstić information content (AvgIpc) is 2.46. The van der Waals surface area contributed by atoms with Crippen molar-refractivity contribution in [2.75, 3.05) is 0 Å². The maximum Gasteiger partial charge on any atom is 0.275 e. The van der Waals surface area contributed by atoms with Crippen LogP contribution in [0.4, 0.5) is 0 Å². The molecule has 0 saturated heterocycles. The number of carbonyl (C=O) groups is 1. The zero-order chi connectivity index (χ0) is 16.3. The predicted molar refractivity (Wildman–Crippen MR) is 91.7 cm³/mol. The first-order chi connectivity index (χ1) is 10.4. The Bertz CT molecular complexity index is 766. The van der Waals surface area contributed by atoms with E-state index in [1.54, 1.807) is 6.07 Å². The second-order valence-corrected chi connectivity index (χ2v) is 6.39. The minimum atomic E-state index is -0.600. The van der Waals surface area contributed by atoms with Gasteiger partial charge in [0.1, 0.15) is 11.5 Å². The summed E-state index contributed by atoms with van der Waals surface area (Å²) in [6.07, 6.45) is 1.25. The van der Waals surface area contributed by atoms with Crippen molar-refractivity contribution >= 4 is 55.6 Å². The molecule has 0 aliphatic heterocycles. The van der Waals surface area contributed by atoms with Crippen LogP contribution in [0.25, 0.3) is 0 Å². The summed E-state index contributed by atoms with van der Waals surface area (Å²) >= 11 is 12.2. The third kappa shape index (κ3) is 4.00. The minimum absolute atomic E-state index is 0.0181. The average molecular weight is 448 g/mol. The highest BCUT2D eigenvalue weighted by atomic mass is 79.9. The van der Waals surface area contributed by atoms with Gasteiger partial charge in [0.05, 0.1) is 16.3 Å². The van der Waals surface area contributed by atoms with Gasteiger partial charge in [-0.15, -0.1) is 0 Å². The van der Waals surface area contributed by atoms with Crippen molar-refractivity contribution < 1.29 is 15.0 Å². The lowest BCUT2D eigenvalue weighted by molar-refractivity contribution is 0.0952. The first-order valence-corrected chi connectivity index (χ1v) is 7.85. The van der Waals surface area contributed by atoms with E-state index >= 15 is 0 Å². The second-order valence-electron chi connectivity index (χ2n) is 4.19. The number of nitrogens with zero attached hydrogens (tertiary/aromatic N) is 1. The predicted octanol–water partition coefficient (Wildman–Crippen LogP) is 4.04. The van der Waals surface area contributed by atoms with Crippen LogP contribution in [-0.2, 0) is 0 Å². The second kappa shape index (κ2) is 7.13. The normalized spacial score (nSPS) is 10.9. The molecule has 0 radical (unpaired) electrons. The molecule has 1 amide bonds. The maximum absolute atomic E-state index is 12.0. The van der Waals surface area contributed by atoms with Gasteiger partial charge in [-0.25, -0.2) is 5.43 Å². The zero-order valence-corrected chi connectivity index (χ0v) is 14.8. The van der Waals surface area contributed by atoms with E-state index in [4.69, 9.17) is 11.6 Å². The van der Waals surface area contributed by atoms with Crippen LogP contribution in [-0.4, -0.2) is 22.3 Å². The number of benzene rings is 2. The molecule has 0 saturated carbocycles. The van der Waals surface area contributed by atoms with Crippen LogP contribution in [0, 0.1) is 0 Å². The number of halogens is 3. The van der Waals surface area contributed by atoms with Gasteiger partial charge < -0.3 is 10.2 Å². The van der Waals surface area contributed by atoms with E-state index in [0.717, 1.165) is 0 Å². The summed E-state index contributed by atoms with van der Waals surface area (Å²) in [6, 6.07) is 7.52. The summed E-state index contributed by atoms with van der Waals surface area (Å²) in [5.41, 5.74) is 2.67. The van der Waals surface area contributed by atoms with Crippen LogP contribution < -0.4 is 5.43 Å². The molecule has 0 atom stereocenters. The molecule has 2 aromatic rings. The summed E-state index contributed by atoms with van der Waals surface area (Å²) in [4.78, 5) is 12.0. The van der Waals surface area contributed by atoms with E-state index < -0.39 is 5.91 Å². The maximum atomic E-state index is 12.0. The van der Waals surface area contributed by atoms with Crippen LogP contribution in [0.1, 0.15) is 15.9 Å². The van der Waals surface area contributed by atoms with Gasteiger partial charge in [0.15, 0.2) is 0 Å². The number of hydrogen-bond donors (Lipinski definition) is 3. The fourth-order valence-corrected chi connectivity index (χ4v) is 2.99. The van der Waals surface area contributed by atoms with E-state index in [0.29, 0.717) is 19.5 Å². The van der Waals surface area contributed by atoms with Gasteiger partial charge in [0.25, 0.3) is 5.91 Å². The van der Waals surface area contributed by atoms with Gasteiger partial charge in [-0.2, -0.15) is 5.10 Å². The van der Waals surface area contributed by atoms with Crippen molar-refractivity contribution in [2.24, 2.45) is 5.10 Å². The van der Waals surface area contributed by atoms with Crippen LogP contribution >= 0.6 is 43.5 Å². The fraction of sp³-hybridized carbons (Fsp3) is 0. The highest BCUT2D eigenvalue weighted by molar-refractivity contribution is 9.11. The van der Waals surface area contributed by atoms with Gasteiger partial charge in [-0.05, 0) is 46.3 Å². The smallest absolute Gasteiger partial charge is 0.275 e. The lowest BCUT2D eigenvalue weighted by Crippen LogP contribution is -2.18. The number of amides is 1. The summed E-state index contributed by atoms with van der Waals surface area (Å²) in [5.74, 6) is -0.811. The van der Waals surface area contributed by atoms with E-state index in [9.17, 15) is 15.0 Å². The molecular formula is C14H9Br2ClN2O3. The number of phenols is 2. The number of aromatic hydroxyl groups is 2. The number of rotatable bonds is 3. The highest BCUT2D eigenvalue weighted by Crippen LogP contribution is 2.31. The molecule has 0 aromatic heterocycles. The molecule has 0 spiro atoms. The molecule has 0 unspecified atom stereocenters. The van der Waals surface area contributed by atoms with Crippen LogP contribution in [0.15, 0.2) is 44.4 Å². The quantitative estimate of drug-likeness (QED) is 0.490. The molecule has 114 valence electrons. The zero-order valence-electron chi connectivity index (χ0n) is 10.8. The molecule has 0 aliphatic carbocycles. The third-order valence-corrected chi connectivity index (χ3v) is 3.93. The molecule has 8 heteroatoms. The van der Waals surface area contributed by atoms with E-state index in [2.05, 4.69) is 42.4 Å². The van der Waals surface area contributed by atoms with Crippen molar-refractivity contribution in [3.05, 3.63) is 55.4 Å². The standard InChI is InChI=1S/C14H9Br2ClN2O3/c15-8-4-10(13(21)11(16)5-8)14(22)19-18-6-7-3-9(17)1-2-12(7)20/h1-6,20-21H,(H,19,22). The fourth-order valence-electron chi connectivity index (χ4n) is 1.59. The molecule has 2 aromatic carbocycles. The molecule has 0 aliphatic rings. The number of hydrogen-bond acceptors (Lipinski definition) is 4. The Labute approximate surface area is 147 Å². The first kappa shape index (κ1) is 16.8. The first-order valence-electron chi connectivity index (χ1n) is 5.88. The Morgan fingerprint density at radius 1 is 1.23 bits per heavy atom. The molecule has 2 rings (SSSR count). The lowest BCUT2D eigenvalue weighted by Gasteiger charge is -2.06. The number of nitrogens with one attached hydrogen (secondary N) is 1. The van der Waals surface area contributed by atoms with Crippen molar-refractivity contribution in [2.45, 2.75) is 0 Å². The monoisotopic (exact) mass is 446 g/mol. The largest absolute Gasteiger partial charge is 0.507 e. The van der Waals surface area contributed by atoms with E-state index in [1.165, 1.54) is 30.5 Å². The number of carbonyl (C=O) groups excluding carboxylic acids is 1. The minimum Gasteiger partial charge on any atom is -0.507 e. The summed E-state index contributed by atoms with van der Waals surface area (Å²) < 4.78 is 1.00. The van der Waals surface area contributed by atoms with Crippen molar-refractivity contribution in [1.82, 2.24) is 5.43 Å². The molecule has 0 bridgehead atoms. The van der Waals surface area contributed by atoms with E-state index in [1.807, 2.05) is 0 Å². The summed E-state index contributed by atoms with van der Waals surface area (Å²) in [5, 5.41) is 23.6. The van der Waals surface area contributed by atoms with Gasteiger partial charge in [-0.1, -0.05) is 27.5 Å².